The van der Waals surface area contributed by atoms with Crippen molar-refractivity contribution >= 4 is 37.6 Å². The largest absolute Gasteiger partial charge is 0.398 e. The van der Waals surface area contributed by atoms with Crippen LogP contribution in [0.5, 0.6) is 0 Å². The minimum absolute atomic E-state index is 0.00289. The third-order valence-corrected chi connectivity index (χ3v) is 3.93. The zero-order valence-electron chi connectivity index (χ0n) is 9.04. The normalized spacial score (nSPS) is 11.2. The van der Waals surface area contributed by atoms with Crippen molar-refractivity contribution in [2.24, 2.45) is 0 Å². The molecular weight excluding hydrogens is 320 g/mol. The third kappa shape index (κ3) is 2.77. The van der Waals surface area contributed by atoms with Gasteiger partial charge in [0, 0.05) is 16.9 Å². The lowest BCUT2D eigenvalue weighted by Gasteiger charge is -2.08. The maximum Gasteiger partial charge on any atom is 0.266 e. The Kier molecular flexibility index (Phi) is 3.48. The van der Waals surface area contributed by atoms with E-state index in [-0.39, 0.29) is 16.5 Å². The molecule has 0 aliphatic heterocycles. The van der Waals surface area contributed by atoms with Gasteiger partial charge in [-0.15, -0.1) is 0 Å². The predicted molar refractivity (Wildman–Crippen MR) is 71.4 cm³/mol. The molecule has 8 heteroatoms. The van der Waals surface area contributed by atoms with Gasteiger partial charge in [0.15, 0.2) is 0 Å². The van der Waals surface area contributed by atoms with Crippen molar-refractivity contribution in [2.45, 2.75) is 4.90 Å². The number of nitrogens with zero attached hydrogens (tertiary/aromatic N) is 2. The molecule has 0 bridgehead atoms. The Morgan fingerprint density at radius 1 is 1.22 bits per heavy atom. The van der Waals surface area contributed by atoms with Crippen LogP contribution in [0.1, 0.15) is 0 Å². The molecule has 1 aromatic carbocycles. The summed E-state index contributed by atoms with van der Waals surface area (Å²) in [5.74, 6) is -0.00289. The molecule has 3 N–H and O–H groups in total. The van der Waals surface area contributed by atoms with Gasteiger partial charge >= 0.3 is 0 Å². The van der Waals surface area contributed by atoms with Crippen molar-refractivity contribution in [3.05, 3.63) is 41.1 Å². The van der Waals surface area contributed by atoms with E-state index in [4.69, 9.17) is 5.73 Å². The van der Waals surface area contributed by atoms with Gasteiger partial charge in [0.2, 0.25) is 5.95 Å². The lowest BCUT2D eigenvalue weighted by molar-refractivity contribution is 0.601. The van der Waals surface area contributed by atoms with E-state index in [1.54, 1.807) is 12.1 Å². The average molecular weight is 329 g/mol. The first-order chi connectivity index (χ1) is 8.49. The maximum absolute atomic E-state index is 12.1. The van der Waals surface area contributed by atoms with E-state index in [2.05, 4.69) is 30.6 Å². The summed E-state index contributed by atoms with van der Waals surface area (Å²) < 4.78 is 27.0. The average Bonchev–Trinajstić information content (AvgIpc) is 2.33. The number of aromatic nitrogens is 2. The topological polar surface area (TPSA) is 98.0 Å². The summed E-state index contributed by atoms with van der Waals surface area (Å²) in [5, 5.41) is 0. The molecule has 0 saturated carbocycles. The lowest BCUT2D eigenvalue weighted by atomic mass is 10.3. The van der Waals surface area contributed by atoms with Gasteiger partial charge in [0.1, 0.15) is 4.90 Å². The number of nitrogens with one attached hydrogen (secondary N) is 1. The summed E-state index contributed by atoms with van der Waals surface area (Å²) >= 11 is 3.20. The molecule has 1 heterocycles. The van der Waals surface area contributed by atoms with Crippen LogP contribution < -0.4 is 10.5 Å². The minimum atomic E-state index is -3.80. The number of nitrogens with two attached hydrogens (primary N) is 1. The fourth-order valence-corrected chi connectivity index (χ4v) is 2.90. The summed E-state index contributed by atoms with van der Waals surface area (Å²) in [4.78, 5) is 7.55. The molecule has 0 atom stereocenters. The molecule has 2 rings (SSSR count). The Bertz CT molecular complexity index is 661. The first kappa shape index (κ1) is 12.8. The van der Waals surface area contributed by atoms with Gasteiger partial charge in [-0.3, -0.25) is 0 Å². The second-order valence-corrected chi connectivity index (χ2v) is 5.93. The number of nitrogen functional groups attached to an aromatic ring is 1. The van der Waals surface area contributed by atoms with Crippen LogP contribution in [-0.4, -0.2) is 18.4 Å². The van der Waals surface area contributed by atoms with Gasteiger partial charge in [-0.05, 0) is 24.3 Å². The van der Waals surface area contributed by atoms with Crippen LogP contribution in [0.15, 0.2) is 46.0 Å². The molecule has 2 aromatic rings. The highest BCUT2D eigenvalue weighted by atomic mass is 79.9. The molecule has 94 valence electrons. The summed E-state index contributed by atoms with van der Waals surface area (Å²) in [7, 11) is -3.80. The van der Waals surface area contributed by atoms with E-state index in [9.17, 15) is 8.42 Å². The Morgan fingerprint density at radius 3 is 2.56 bits per heavy atom. The zero-order chi connectivity index (χ0) is 13.2. The third-order valence-electron chi connectivity index (χ3n) is 2.06. The van der Waals surface area contributed by atoms with Gasteiger partial charge in [-0.1, -0.05) is 15.9 Å². The molecule has 0 radical (unpaired) electrons. The first-order valence-electron chi connectivity index (χ1n) is 4.84. The standard InChI is InChI=1S/C10H9BrN4O2S/c11-7-2-3-8(12)9(6-7)18(16,17)15-10-13-4-1-5-14-10/h1-6H,12H2,(H,13,14,15). The highest BCUT2D eigenvalue weighted by Crippen LogP contribution is 2.24. The molecule has 0 unspecified atom stereocenters. The van der Waals surface area contributed by atoms with Crippen molar-refractivity contribution in [3.63, 3.8) is 0 Å². The van der Waals surface area contributed by atoms with E-state index in [1.807, 2.05) is 0 Å². The van der Waals surface area contributed by atoms with Crippen molar-refractivity contribution < 1.29 is 8.42 Å². The number of benzene rings is 1. The second-order valence-electron chi connectivity index (χ2n) is 3.36. The molecule has 0 fully saturated rings. The molecule has 1 aromatic heterocycles. The van der Waals surface area contributed by atoms with Gasteiger partial charge in [0.05, 0.1) is 5.69 Å². The Morgan fingerprint density at radius 2 is 1.89 bits per heavy atom. The maximum atomic E-state index is 12.1. The number of rotatable bonds is 3. The van der Waals surface area contributed by atoms with E-state index >= 15 is 0 Å². The fourth-order valence-electron chi connectivity index (χ4n) is 1.27. The quantitative estimate of drug-likeness (QED) is 0.834. The summed E-state index contributed by atoms with van der Waals surface area (Å²) in [6.07, 6.45) is 2.88. The monoisotopic (exact) mass is 328 g/mol. The zero-order valence-corrected chi connectivity index (χ0v) is 11.4. The number of halogens is 1. The smallest absolute Gasteiger partial charge is 0.266 e. The number of anilines is 2. The summed E-state index contributed by atoms with van der Waals surface area (Å²) in [6, 6.07) is 6.17. The van der Waals surface area contributed by atoms with Crippen molar-refractivity contribution in [3.8, 4) is 0 Å². The van der Waals surface area contributed by atoms with E-state index < -0.39 is 10.0 Å². The van der Waals surface area contributed by atoms with Gasteiger partial charge in [-0.2, -0.15) is 0 Å². The summed E-state index contributed by atoms with van der Waals surface area (Å²) in [6.45, 7) is 0. The van der Waals surface area contributed by atoms with Gasteiger partial charge < -0.3 is 5.73 Å². The predicted octanol–water partition coefficient (Wildman–Crippen LogP) is 1.62. The van der Waals surface area contributed by atoms with E-state index in [0.29, 0.717) is 4.47 Å². The molecule has 18 heavy (non-hydrogen) atoms. The SMILES string of the molecule is Nc1ccc(Br)cc1S(=O)(=O)Nc1ncccn1. The molecule has 0 saturated heterocycles. The highest BCUT2D eigenvalue weighted by molar-refractivity contribution is 9.10. The molecule has 0 aliphatic rings. The minimum Gasteiger partial charge on any atom is -0.398 e. The Labute approximate surface area is 112 Å². The van der Waals surface area contributed by atoms with E-state index in [0.717, 1.165) is 0 Å². The molecule has 0 aliphatic carbocycles. The van der Waals surface area contributed by atoms with E-state index in [1.165, 1.54) is 24.5 Å². The van der Waals surface area contributed by atoms with Crippen LogP contribution in [0.3, 0.4) is 0 Å². The second kappa shape index (κ2) is 4.91. The van der Waals surface area contributed by atoms with Crippen molar-refractivity contribution in [2.75, 3.05) is 10.5 Å². The van der Waals surface area contributed by atoms with Crippen LogP contribution in [-0.2, 0) is 10.0 Å². The van der Waals surface area contributed by atoms with Gasteiger partial charge in [-0.25, -0.2) is 23.1 Å². The lowest BCUT2D eigenvalue weighted by Crippen LogP contribution is -2.16. The van der Waals surface area contributed by atoms with Gasteiger partial charge in [0.25, 0.3) is 10.0 Å². The molecule has 0 amide bonds. The highest BCUT2D eigenvalue weighted by Gasteiger charge is 2.18. The Hall–Kier alpha value is -1.67. The number of sulfonamides is 1. The van der Waals surface area contributed by atoms with Crippen LogP contribution >= 0.6 is 15.9 Å². The first-order valence-corrected chi connectivity index (χ1v) is 7.11. The Balaban J connectivity index is 2.40. The summed E-state index contributed by atoms with van der Waals surface area (Å²) in [5.41, 5.74) is 5.80. The molecular formula is C10H9BrN4O2S. The van der Waals surface area contributed by atoms with Crippen LogP contribution in [0.25, 0.3) is 0 Å². The molecule has 0 spiro atoms. The number of hydrogen-bond donors (Lipinski definition) is 2. The number of hydrogen-bond acceptors (Lipinski definition) is 5. The van der Waals surface area contributed by atoms with Crippen LogP contribution in [0.2, 0.25) is 0 Å². The van der Waals surface area contributed by atoms with Crippen molar-refractivity contribution in [1.82, 2.24) is 9.97 Å². The van der Waals surface area contributed by atoms with Crippen molar-refractivity contribution in [1.29, 1.82) is 0 Å². The van der Waals surface area contributed by atoms with Crippen LogP contribution in [0.4, 0.5) is 11.6 Å². The van der Waals surface area contributed by atoms with Crippen LogP contribution in [0, 0.1) is 0 Å². The fraction of sp³-hybridized carbons (Fsp3) is 0. The molecule has 6 nitrogen and oxygen atoms in total.